The highest BCUT2D eigenvalue weighted by Gasteiger charge is 2.15. The topological polar surface area (TPSA) is 63.8 Å². The van der Waals surface area contributed by atoms with Crippen LogP contribution in [0.15, 0.2) is 10.6 Å². The van der Waals surface area contributed by atoms with Crippen LogP contribution < -0.4 is 5.32 Å². The van der Waals surface area contributed by atoms with Crippen LogP contribution in [0.2, 0.25) is 10.0 Å². The molecular weight excluding hydrogens is 319 g/mol. The van der Waals surface area contributed by atoms with E-state index in [9.17, 15) is 0 Å². The first-order chi connectivity index (χ1) is 9.58. The molecular formula is C12H10Cl2N4OS. The lowest BCUT2D eigenvalue weighted by molar-refractivity contribution is 0.392. The van der Waals surface area contributed by atoms with Crippen molar-refractivity contribution in [2.45, 2.75) is 20.4 Å². The maximum atomic E-state index is 6.24. The Morgan fingerprint density at radius 2 is 1.95 bits per heavy atom. The van der Waals surface area contributed by atoms with Crippen molar-refractivity contribution in [3.05, 3.63) is 33.1 Å². The number of halogens is 2. The van der Waals surface area contributed by atoms with Crippen molar-refractivity contribution in [1.82, 2.24) is 13.9 Å². The Morgan fingerprint density at radius 3 is 2.65 bits per heavy atom. The van der Waals surface area contributed by atoms with Gasteiger partial charge in [0.2, 0.25) is 0 Å². The van der Waals surface area contributed by atoms with E-state index in [4.69, 9.17) is 27.7 Å². The minimum atomic E-state index is 0.502. The quantitative estimate of drug-likeness (QED) is 0.779. The fourth-order valence-corrected chi connectivity index (χ4v) is 3.15. The van der Waals surface area contributed by atoms with Gasteiger partial charge in [-0.3, -0.25) is 0 Å². The van der Waals surface area contributed by atoms with Gasteiger partial charge in [-0.25, -0.2) is 0 Å². The van der Waals surface area contributed by atoms with E-state index >= 15 is 0 Å². The number of rotatable bonds is 3. The third-order valence-electron chi connectivity index (χ3n) is 3.07. The molecule has 20 heavy (non-hydrogen) atoms. The Morgan fingerprint density at radius 1 is 1.20 bits per heavy atom. The van der Waals surface area contributed by atoms with E-state index in [1.807, 2.05) is 13.8 Å². The summed E-state index contributed by atoms with van der Waals surface area (Å²) in [6, 6.07) is 1.67. The minimum absolute atomic E-state index is 0.502. The Kier molecular flexibility index (Phi) is 3.54. The number of aromatic nitrogens is 3. The first-order valence-electron chi connectivity index (χ1n) is 5.84. The smallest absolute Gasteiger partial charge is 0.138 e. The SMILES string of the molecule is Cc1noc(C)c1CNc1c(Cl)cc(Cl)c2nsnc12. The van der Waals surface area contributed by atoms with Crippen LogP contribution in [0.1, 0.15) is 17.0 Å². The molecule has 0 bridgehead atoms. The number of fused-ring (bicyclic) bond motifs is 1. The minimum Gasteiger partial charge on any atom is -0.378 e. The van der Waals surface area contributed by atoms with Gasteiger partial charge in [0.05, 0.1) is 33.2 Å². The van der Waals surface area contributed by atoms with E-state index in [1.54, 1.807) is 6.07 Å². The number of benzene rings is 1. The average Bonchev–Trinajstić information content (AvgIpc) is 2.99. The summed E-state index contributed by atoms with van der Waals surface area (Å²) in [4.78, 5) is 0. The number of anilines is 1. The standard InChI is InChI=1S/C12H10Cl2N4OS/c1-5-7(6(2)19-16-5)4-15-10-8(13)3-9(14)11-12(10)18-20-17-11/h3,15H,4H2,1-2H3. The summed E-state index contributed by atoms with van der Waals surface area (Å²) in [6.07, 6.45) is 0. The Hall–Kier alpha value is -1.37. The summed E-state index contributed by atoms with van der Waals surface area (Å²) >= 11 is 13.4. The molecule has 3 rings (SSSR count). The van der Waals surface area contributed by atoms with Gasteiger partial charge in [0.25, 0.3) is 0 Å². The van der Waals surface area contributed by atoms with Crippen molar-refractivity contribution in [3.63, 3.8) is 0 Å². The van der Waals surface area contributed by atoms with E-state index in [1.165, 1.54) is 0 Å². The summed E-state index contributed by atoms with van der Waals surface area (Å²) in [5.74, 6) is 0.785. The largest absolute Gasteiger partial charge is 0.378 e. The predicted octanol–water partition coefficient (Wildman–Crippen LogP) is 4.22. The van der Waals surface area contributed by atoms with E-state index in [0.717, 1.165) is 34.4 Å². The first kappa shape index (κ1) is 13.6. The Labute approximate surface area is 129 Å². The Balaban J connectivity index is 1.97. The highest BCUT2D eigenvalue weighted by molar-refractivity contribution is 7.00. The summed E-state index contributed by atoms with van der Waals surface area (Å²) in [7, 11) is 0. The molecule has 5 nitrogen and oxygen atoms in total. The molecule has 2 aromatic heterocycles. The lowest BCUT2D eigenvalue weighted by Gasteiger charge is -2.09. The normalized spacial score (nSPS) is 11.2. The van der Waals surface area contributed by atoms with E-state index < -0.39 is 0 Å². The predicted molar refractivity (Wildman–Crippen MR) is 80.7 cm³/mol. The van der Waals surface area contributed by atoms with Crippen LogP contribution in [0.4, 0.5) is 5.69 Å². The molecule has 104 valence electrons. The average molecular weight is 329 g/mol. The maximum absolute atomic E-state index is 6.24. The first-order valence-corrected chi connectivity index (χ1v) is 7.32. The van der Waals surface area contributed by atoms with Crippen LogP contribution in [-0.2, 0) is 6.54 Å². The molecule has 3 aromatic rings. The van der Waals surface area contributed by atoms with Gasteiger partial charge in [-0.1, -0.05) is 28.4 Å². The molecule has 0 fully saturated rings. The molecule has 0 aliphatic heterocycles. The van der Waals surface area contributed by atoms with Crippen LogP contribution in [0.3, 0.4) is 0 Å². The second-order valence-corrected chi connectivity index (χ2v) is 5.68. The fourth-order valence-electron chi connectivity index (χ4n) is 1.97. The molecule has 8 heteroatoms. The number of aryl methyl sites for hydroxylation is 2. The lowest BCUT2D eigenvalue weighted by atomic mass is 10.2. The molecule has 0 aliphatic rings. The zero-order chi connectivity index (χ0) is 14.3. The molecule has 0 amide bonds. The van der Waals surface area contributed by atoms with Crippen molar-refractivity contribution < 1.29 is 4.52 Å². The second-order valence-electron chi connectivity index (χ2n) is 4.33. The van der Waals surface area contributed by atoms with Gasteiger partial charge in [0.1, 0.15) is 16.8 Å². The molecule has 0 atom stereocenters. The molecule has 0 aliphatic carbocycles. The third kappa shape index (κ3) is 2.24. The van der Waals surface area contributed by atoms with Gasteiger partial charge in [0, 0.05) is 12.1 Å². The van der Waals surface area contributed by atoms with Crippen LogP contribution in [-0.4, -0.2) is 13.9 Å². The van der Waals surface area contributed by atoms with Gasteiger partial charge in [-0.05, 0) is 19.9 Å². The van der Waals surface area contributed by atoms with Gasteiger partial charge < -0.3 is 9.84 Å². The monoisotopic (exact) mass is 328 g/mol. The van der Waals surface area contributed by atoms with Gasteiger partial charge in [-0.15, -0.1) is 0 Å². The second kappa shape index (κ2) is 5.20. The molecule has 2 heterocycles. The van der Waals surface area contributed by atoms with Crippen molar-refractivity contribution in [2.24, 2.45) is 0 Å². The van der Waals surface area contributed by atoms with E-state index in [2.05, 4.69) is 19.2 Å². The number of hydrogen-bond donors (Lipinski definition) is 1. The van der Waals surface area contributed by atoms with Crippen molar-refractivity contribution in [1.29, 1.82) is 0 Å². The number of nitrogens with zero attached hydrogens (tertiary/aromatic N) is 3. The van der Waals surface area contributed by atoms with Gasteiger partial charge >= 0.3 is 0 Å². The number of hydrogen-bond acceptors (Lipinski definition) is 6. The van der Waals surface area contributed by atoms with Crippen LogP contribution in [0.25, 0.3) is 11.0 Å². The molecule has 0 radical (unpaired) electrons. The van der Waals surface area contributed by atoms with Crippen molar-refractivity contribution in [2.75, 3.05) is 5.32 Å². The van der Waals surface area contributed by atoms with Crippen molar-refractivity contribution in [3.8, 4) is 0 Å². The third-order valence-corrected chi connectivity index (χ3v) is 4.18. The summed E-state index contributed by atoms with van der Waals surface area (Å²) < 4.78 is 13.5. The highest BCUT2D eigenvalue weighted by atomic mass is 35.5. The van der Waals surface area contributed by atoms with E-state index in [-0.39, 0.29) is 0 Å². The summed E-state index contributed by atoms with van der Waals surface area (Å²) in [6.45, 7) is 4.33. The highest BCUT2D eigenvalue weighted by Crippen LogP contribution is 2.35. The zero-order valence-corrected chi connectivity index (χ0v) is 13.0. The lowest BCUT2D eigenvalue weighted by Crippen LogP contribution is -2.02. The van der Waals surface area contributed by atoms with Crippen LogP contribution >= 0.6 is 34.9 Å². The molecule has 0 spiro atoms. The van der Waals surface area contributed by atoms with Gasteiger partial charge in [0.15, 0.2) is 0 Å². The number of nitrogens with one attached hydrogen (secondary N) is 1. The summed E-state index contributed by atoms with van der Waals surface area (Å²) in [5, 5.41) is 8.21. The van der Waals surface area contributed by atoms with Gasteiger partial charge in [-0.2, -0.15) is 8.75 Å². The molecule has 1 aromatic carbocycles. The van der Waals surface area contributed by atoms with E-state index in [0.29, 0.717) is 27.6 Å². The zero-order valence-electron chi connectivity index (χ0n) is 10.7. The molecule has 0 saturated heterocycles. The maximum Gasteiger partial charge on any atom is 0.138 e. The molecule has 0 unspecified atom stereocenters. The van der Waals surface area contributed by atoms with Crippen molar-refractivity contribution >= 4 is 51.7 Å². The molecule has 0 saturated carbocycles. The molecule has 1 N–H and O–H groups in total. The van der Waals surface area contributed by atoms with Crippen LogP contribution in [0, 0.1) is 13.8 Å². The Bertz CT molecular complexity index is 764. The van der Waals surface area contributed by atoms with Crippen LogP contribution in [0.5, 0.6) is 0 Å². The fraction of sp³-hybridized carbons (Fsp3) is 0.250. The summed E-state index contributed by atoms with van der Waals surface area (Å²) in [5.41, 5.74) is 3.92.